The highest BCUT2D eigenvalue weighted by molar-refractivity contribution is 8.00. The summed E-state index contributed by atoms with van der Waals surface area (Å²) in [5.41, 5.74) is 0.185. The molecule has 6 nitrogen and oxygen atoms in total. The number of rotatable bonds is 6. The van der Waals surface area contributed by atoms with Crippen LogP contribution in [0.2, 0.25) is 10.0 Å². The first kappa shape index (κ1) is 23.6. The van der Waals surface area contributed by atoms with Gasteiger partial charge in [-0.2, -0.15) is 0 Å². The van der Waals surface area contributed by atoms with Crippen LogP contribution in [-0.2, 0) is 10.0 Å². The smallest absolute Gasteiger partial charge is 0.285 e. The summed E-state index contributed by atoms with van der Waals surface area (Å²) >= 11 is 13.4. The molecule has 31 heavy (non-hydrogen) atoms. The summed E-state index contributed by atoms with van der Waals surface area (Å²) in [7, 11) is -4.28. The SMILES string of the molecule is Cc1nc(C(=O)NS(=O)(=O)c2c(Cl)cccc2SC(C)C)cn1-c1cc(F)cc(Cl)c1. The predicted octanol–water partition coefficient (Wildman–Crippen LogP) is 5.25. The number of halogens is 3. The second kappa shape index (κ2) is 9.20. The molecule has 0 atom stereocenters. The topological polar surface area (TPSA) is 81.1 Å². The molecule has 0 aliphatic carbocycles. The van der Waals surface area contributed by atoms with Gasteiger partial charge >= 0.3 is 0 Å². The number of nitrogens with zero attached hydrogens (tertiary/aromatic N) is 2. The highest BCUT2D eigenvalue weighted by Crippen LogP contribution is 2.34. The van der Waals surface area contributed by atoms with Crippen molar-refractivity contribution in [2.75, 3.05) is 0 Å². The molecule has 0 fully saturated rings. The Balaban J connectivity index is 1.94. The van der Waals surface area contributed by atoms with Crippen LogP contribution in [0, 0.1) is 12.7 Å². The second-order valence-electron chi connectivity index (χ2n) is 6.84. The van der Waals surface area contributed by atoms with Gasteiger partial charge in [-0.15, -0.1) is 11.8 Å². The van der Waals surface area contributed by atoms with Gasteiger partial charge in [-0.3, -0.25) is 4.79 Å². The third kappa shape index (κ3) is 5.41. The Morgan fingerprint density at radius 1 is 1.23 bits per heavy atom. The minimum atomic E-state index is -4.28. The summed E-state index contributed by atoms with van der Waals surface area (Å²) in [5.74, 6) is -1.15. The number of hydrogen-bond donors (Lipinski definition) is 1. The van der Waals surface area contributed by atoms with E-state index in [1.807, 2.05) is 18.6 Å². The zero-order valence-corrected chi connectivity index (χ0v) is 19.8. The van der Waals surface area contributed by atoms with Gasteiger partial charge in [0, 0.05) is 21.4 Å². The maximum atomic E-state index is 13.7. The van der Waals surface area contributed by atoms with Gasteiger partial charge in [0.15, 0.2) is 0 Å². The molecule has 0 aliphatic rings. The number of thioether (sulfide) groups is 1. The maximum Gasteiger partial charge on any atom is 0.285 e. The Morgan fingerprint density at radius 2 is 1.94 bits per heavy atom. The molecular formula is C20H18Cl2FN3O3S2. The monoisotopic (exact) mass is 501 g/mol. The summed E-state index contributed by atoms with van der Waals surface area (Å²) < 4.78 is 43.1. The van der Waals surface area contributed by atoms with Crippen molar-refractivity contribution in [3.05, 3.63) is 70.0 Å². The fourth-order valence-electron chi connectivity index (χ4n) is 2.84. The van der Waals surface area contributed by atoms with E-state index in [9.17, 15) is 17.6 Å². The van der Waals surface area contributed by atoms with Crippen LogP contribution in [0.1, 0.15) is 30.2 Å². The molecule has 0 saturated heterocycles. The van der Waals surface area contributed by atoms with Crippen molar-refractivity contribution in [2.24, 2.45) is 0 Å². The summed E-state index contributed by atoms with van der Waals surface area (Å²) in [6, 6.07) is 8.58. The second-order valence-corrected chi connectivity index (χ2v) is 10.9. The third-order valence-corrected chi connectivity index (χ3v) is 7.30. The molecule has 0 unspecified atom stereocenters. The first-order valence-electron chi connectivity index (χ1n) is 9.02. The average molecular weight is 502 g/mol. The van der Waals surface area contributed by atoms with E-state index in [1.165, 1.54) is 40.7 Å². The first-order chi connectivity index (χ1) is 14.5. The van der Waals surface area contributed by atoms with Gasteiger partial charge in [0.1, 0.15) is 22.2 Å². The van der Waals surface area contributed by atoms with Crippen LogP contribution in [0.4, 0.5) is 4.39 Å². The minimum Gasteiger partial charge on any atom is -0.303 e. The fourth-order valence-corrected chi connectivity index (χ4v) is 6.06. The Bertz CT molecular complexity index is 1240. The lowest BCUT2D eigenvalue weighted by atomic mass is 10.3. The zero-order valence-electron chi connectivity index (χ0n) is 16.7. The molecule has 1 N–H and O–H groups in total. The summed E-state index contributed by atoms with van der Waals surface area (Å²) in [6.07, 6.45) is 1.31. The van der Waals surface area contributed by atoms with Gasteiger partial charge in [0.05, 0.1) is 10.7 Å². The number of benzene rings is 2. The minimum absolute atomic E-state index is 0.00191. The van der Waals surface area contributed by atoms with E-state index >= 15 is 0 Å². The van der Waals surface area contributed by atoms with Crippen molar-refractivity contribution >= 4 is 50.9 Å². The van der Waals surface area contributed by atoms with Gasteiger partial charge in [0.25, 0.3) is 15.9 Å². The zero-order chi connectivity index (χ0) is 22.9. The first-order valence-corrected chi connectivity index (χ1v) is 12.1. The third-order valence-electron chi connectivity index (χ3n) is 4.03. The molecule has 1 aromatic heterocycles. The molecule has 11 heteroatoms. The molecule has 1 amide bonds. The van der Waals surface area contributed by atoms with Gasteiger partial charge in [0.2, 0.25) is 0 Å². The number of nitrogens with one attached hydrogen (secondary N) is 1. The molecule has 2 aromatic carbocycles. The van der Waals surface area contributed by atoms with Crippen molar-refractivity contribution in [1.82, 2.24) is 14.3 Å². The predicted molar refractivity (Wildman–Crippen MR) is 120 cm³/mol. The van der Waals surface area contributed by atoms with Crippen LogP contribution in [0.5, 0.6) is 0 Å². The Hall–Kier alpha value is -2.07. The van der Waals surface area contributed by atoms with Crippen LogP contribution >= 0.6 is 35.0 Å². The van der Waals surface area contributed by atoms with E-state index in [0.29, 0.717) is 16.4 Å². The van der Waals surface area contributed by atoms with Gasteiger partial charge in [-0.1, -0.05) is 43.1 Å². The molecule has 3 aromatic rings. The van der Waals surface area contributed by atoms with Crippen LogP contribution in [0.15, 0.2) is 52.4 Å². The van der Waals surface area contributed by atoms with Gasteiger partial charge in [-0.05, 0) is 37.3 Å². The molecule has 1 heterocycles. The highest BCUT2D eigenvalue weighted by atomic mass is 35.5. The molecular weight excluding hydrogens is 484 g/mol. The van der Waals surface area contributed by atoms with Crippen molar-refractivity contribution in [2.45, 2.75) is 35.8 Å². The van der Waals surface area contributed by atoms with Gasteiger partial charge in [-0.25, -0.2) is 22.5 Å². The van der Waals surface area contributed by atoms with Crippen LogP contribution in [0.3, 0.4) is 0 Å². The van der Waals surface area contributed by atoms with E-state index in [1.54, 1.807) is 19.1 Å². The molecule has 0 radical (unpaired) electrons. The number of aryl methyl sites for hydroxylation is 1. The van der Waals surface area contributed by atoms with Gasteiger partial charge < -0.3 is 4.57 Å². The number of imidazole rings is 1. The highest BCUT2D eigenvalue weighted by Gasteiger charge is 2.27. The summed E-state index contributed by atoms with van der Waals surface area (Å²) in [5, 5.41) is 0.271. The average Bonchev–Trinajstić information content (AvgIpc) is 3.02. The van der Waals surface area contributed by atoms with E-state index in [2.05, 4.69) is 4.98 Å². The molecule has 164 valence electrons. The van der Waals surface area contributed by atoms with Crippen LogP contribution < -0.4 is 4.72 Å². The lowest BCUT2D eigenvalue weighted by molar-refractivity contribution is 0.0977. The number of hydrogen-bond acceptors (Lipinski definition) is 5. The Kier molecular flexibility index (Phi) is 7.00. The van der Waals surface area contributed by atoms with Crippen molar-refractivity contribution < 1.29 is 17.6 Å². The van der Waals surface area contributed by atoms with E-state index in [-0.39, 0.29) is 25.9 Å². The van der Waals surface area contributed by atoms with Crippen molar-refractivity contribution in [3.8, 4) is 5.69 Å². The number of carbonyl (C=O) groups is 1. The standard InChI is InChI=1S/C20H18Cl2FN3O3S2/c1-11(2)30-18-6-4-5-16(22)19(18)31(28,29)25-20(27)17-10-26(12(3)24-17)15-8-13(21)7-14(23)9-15/h4-11H,1-3H3,(H,25,27). The Labute approximate surface area is 193 Å². The molecule has 0 bridgehead atoms. The lowest BCUT2D eigenvalue weighted by Gasteiger charge is -2.13. The largest absolute Gasteiger partial charge is 0.303 e. The summed E-state index contributed by atoms with van der Waals surface area (Å²) in [4.78, 5) is 17.1. The van der Waals surface area contributed by atoms with E-state index in [0.717, 1.165) is 6.07 Å². The summed E-state index contributed by atoms with van der Waals surface area (Å²) in [6.45, 7) is 5.42. The fraction of sp³-hybridized carbons (Fsp3) is 0.200. The quantitative estimate of drug-likeness (QED) is 0.466. The lowest BCUT2D eigenvalue weighted by Crippen LogP contribution is -2.31. The number of aromatic nitrogens is 2. The number of sulfonamides is 1. The Morgan fingerprint density at radius 3 is 2.58 bits per heavy atom. The van der Waals surface area contributed by atoms with Crippen LogP contribution in [-0.4, -0.2) is 29.1 Å². The molecule has 0 spiro atoms. The molecule has 3 rings (SSSR count). The van der Waals surface area contributed by atoms with Crippen molar-refractivity contribution in [1.29, 1.82) is 0 Å². The van der Waals surface area contributed by atoms with E-state index < -0.39 is 21.7 Å². The van der Waals surface area contributed by atoms with E-state index in [4.69, 9.17) is 23.2 Å². The molecule has 0 saturated carbocycles. The normalized spacial score (nSPS) is 11.7. The molecule has 0 aliphatic heterocycles. The van der Waals surface area contributed by atoms with Crippen molar-refractivity contribution in [3.63, 3.8) is 0 Å². The number of amides is 1. The van der Waals surface area contributed by atoms with Crippen LogP contribution in [0.25, 0.3) is 5.69 Å². The maximum absolute atomic E-state index is 13.7. The number of carbonyl (C=O) groups excluding carboxylic acids is 1.